The van der Waals surface area contributed by atoms with Gasteiger partial charge in [0, 0.05) is 16.3 Å². The summed E-state index contributed by atoms with van der Waals surface area (Å²) in [6, 6.07) is 18.4. The zero-order chi connectivity index (χ0) is 19.1. The summed E-state index contributed by atoms with van der Waals surface area (Å²) in [4.78, 5) is 28.3. The van der Waals surface area contributed by atoms with Gasteiger partial charge in [-0.15, -0.1) is 0 Å². The highest BCUT2D eigenvalue weighted by Gasteiger charge is 2.09. The van der Waals surface area contributed by atoms with Gasteiger partial charge in [-0.3, -0.25) is 20.4 Å². The standard InChI is InChI=1S/C20H18BrN3O3/c21-15-6-3-7-16(13-15)27-12-4-9-19(25)23-24-20(26)18-11-10-14-5-1-2-8-17(14)22-18/h1-3,5-8,10-11,13H,4,9,12H2,(H,23,25)(H,24,26). The summed E-state index contributed by atoms with van der Waals surface area (Å²) in [5.41, 5.74) is 5.74. The van der Waals surface area contributed by atoms with Crippen molar-refractivity contribution < 1.29 is 14.3 Å². The van der Waals surface area contributed by atoms with E-state index in [9.17, 15) is 9.59 Å². The molecule has 0 radical (unpaired) electrons. The first-order valence-electron chi connectivity index (χ1n) is 8.45. The molecule has 0 spiro atoms. The van der Waals surface area contributed by atoms with E-state index in [1.54, 1.807) is 6.07 Å². The number of ether oxygens (including phenoxy) is 1. The lowest BCUT2D eigenvalue weighted by Gasteiger charge is -2.08. The molecule has 6 nitrogen and oxygen atoms in total. The minimum atomic E-state index is -0.459. The molecular weight excluding hydrogens is 410 g/mol. The van der Waals surface area contributed by atoms with Gasteiger partial charge in [-0.2, -0.15) is 0 Å². The van der Waals surface area contributed by atoms with Crippen molar-refractivity contribution in [3.8, 4) is 5.75 Å². The number of nitrogens with one attached hydrogen (secondary N) is 2. The molecule has 0 unspecified atom stereocenters. The van der Waals surface area contributed by atoms with Gasteiger partial charge in [0.05, 0.1) is 12.1 Å². The second-order valence-corrected chi connectivity index (χ2v) is 6.72. The van der Waals surface area contributed by atoms with Crippen LogP contribution in [0.3, 0.4) is 0 Å². The molecule has 7 heteroatoms. The zero-order valence-electron chi connectivity index (χ0n) is 14.4. The highest BCUT2D eigenvalue weighted by Crippen LogP contribution is 2.17. The number of carbonyl (C=O) groups is 2. The smallest absolute Gasteiger partial charge is 0.288 e. The first kappa shape index (κ1) is 18.8. The van der Waals surface area contributed by atoms with Crippen LogP contribution in [0.4, 0.5) is 0 Å². The van der Waals surface area contributed by atoms with Gasteiger partial charge < -0.3 is 4.74 Å². The van der Waals surface area contributed by atoms with E-state index < -0.39 is 5.91 Å². The normalized spacial score (nSPS) is 10.4. The summed E-state index contributed by atoms with van der Waals surface area (Å²) < 4.78 is 6.50. The Morgan fingerprint density at radius 2 is 1.85 bits per heavy atom. The van der Waals surface area contributed by atoms with Crippen molar-refractivity contribution in [3.63, 3.8) is 0 Å². The molecule has 0 aliphatic heterocycles. The van der Waals surface area contributed by atoms with E-state index >= 15 is 0 Å². The molecule has 0 bridgehead atoms. The number of fused-ring (bicyclic) bond motifs is 1. The Bertz CT molecular complexity index is 962. The molecule has 1 aromatic heterocycles. The maximum absolute atomic E-state index is 12.1. The predicted molar refractivity (Wildman–Crippen MR) is 106 cm³/mol. The number of hydrogen-bond donors (Lipinski definition) is 2. The maximum Gasteiger partial charge on any atom is 0.288 e. The number of rotatable bonds is 6. The van der Waals surface area contributed by atoms with E-state index in [1.165, 1.54) is 0 Å². The first-order chi connectivity index (χ1) is 13.1. The molecule has 3 rings (SSSR count). The Balaban J connectivity index is 1.41. The summed E-state index contributed by atoms with van der Waals surface area (Å²) in [5.74, 6) is -0.0121. The Hall–Kier alpha value is -2.93. The SMILES string of the molecule is O=C(CCCOc1cccc(Br)c1)NNC(=O)c1ccc2ccccc2n1. The van der Waals surface area contributed by atoms with Crippen LogP contribution < -0.4 is 15.6 Å². The van der Waals surface area contributed by atoms with Crippen LogP contribution in [0.25, 0.3) is 10.9 Å². The van der Waals surface area contributed by atoms with E-state index in [1.807, 2.05) is 54.6 Å². The van der Waals surface area contributed by atoms with Gasteiger partial charge in [0.15, 0.2) is 0 Å². The minimum absolute atomic E-state index is 0.236. The topological polar surface area (TPSA) is 80.3 Å². The lowest BCUT2D eigenvalue weighted by Crippen LogP contribution is -2.41. The Kier molecular flexibility index (Phi) is 6.38. The van der Waals surface area contributed by atoms with Gasteiger partial charge in [-0.25, -0.2) is 4.98 Å². The lowest BCUT2D eigenvalue weighted by atomic mass is 10.2. The van der Waals surface area contributed by atoms with E-state index in [-0.39, 0.29) is 18.0 Å². The zero-order valence-corrected chi connectivity index (χ0v) is 16.0. The quantitative estimate of drug-likeness (QED) is 0.464. The number of amides is 2. The molecule has 27 heavy (non-hydrogen) atoms. The van der Waals surface area contributed by atoms with Crippen LogP contribution in [0.2, 0.25) is 0 Å². The number of pyridine rings is 1. The molecule has 0 saturated heterocycles. The van der Waals surface area contributed by atoms with E-state index in [0.717, 1.165) is 21.1 Å². The highest BCUT2D eigenvalue weighted by atomic mass is 79.9. The van der Waals surface area contributed by atoms with Crippen LogP contribution in [-0.2, 0) is 4.79 Å². The number of para-hydroxylation sites is 1. The third-order valence-corrected chi connectivity index (χ3v) is 4.25. The summed E-state index contributed by atoms with van der Waals surface area (Å²) in [6.07, 6.45) is 0.766. The molecule has 2 N–H and O–H groups in total. The van der Waals surface area contributed by atoms with Gasteiger partial charge >= 0.3 is 0 Å². The molecule has 0 aliphatic carbocycles. The van der Waals surface area contributed by atoms with Crippen molar-refractivity contribution in [2.45, 2.75) is 12.8 Å². The molecule has 1 heterocycles. The first-order valence-corrected chi connectivity index (χ1v) is 9.24. The molecule has 0 fully saturated rings. The van der Waals surface area contributed by atoms with Crippen molar-refractivity contribution in [3.05, 3.63) is 70.8 Å². The summed E-state index contributed by atoms with van der Waals surface area (Å²) in [7, 11) is 0. The second-order valence-electron chi connectivity index (χ2n) is 5.80. The number of hydrogen-bond acceptors (Lipinski definition) is 4. The third kappa shape index (κ3) is 5.52. The fourth-order valence-electron chi connectivity index (χ4n) is 2.43. The second kappa shape index (κ2) is 9.14. The molecule has 3 aromatic rings. The maximum atomic E-state index is 12.1. The van der Waals surface area contributed by atoms with Crippen LogP contribution in [0.1, 0.15) is 23.3 Å². The van der Waals surface area contributed by atoms with E-state index in [2.05, 4.69) is 31.8 Å². The van der Waals surface area contributed by atoms with Gasteiger partial charge in [0.1, 0.15) is 11.4 Å². The van der Waals surface area contributed by atoms with Crippen LogP contribution in [-0.4, -0.2) is 23.4 Å². The lowest BCUT2D eigenvalue weighted by molar-refractivity contribution is -0.122. The molecule has 0 aliphatic rings. The average molecular weight is 428 g/mol. The molecule has 2 aromatic carbocycles. The van der Waals surface area contributed by atoms with Gasteiger partial charge in [0.2, 0.25) is 5.91 Å². The molecular formula is C20H18BrN3O3. The Morgan fingerprint density at radius 3 is 2.70 bits per heavy atom. The average Bonchev–Trinajstić information content (AvgIpc) is 2.69. The largest absolute Gasteiger partial charge is 0.494 e. The van der Waals surface area contributed by atoms with Crippen molar-refractivity contribution in [1.82, 2.24) is 15.8 Å². The minimum Gasteiger partial charge on any atom is -0.494 e. The van der Waals surface area contributed by atoms with E-state index in [0.29, 0.717) is 13.0 Å². The number of aromatic nitrogens is 1. The number of hydrazine groups is 1. The molecule has 138 valence electrons. The molecule has 0 saturated carbocycles. The number of halogens is 1. The van der Waals surface area contributed by atoms with Crippen molar-refractivity contribution in [2.24, 2.45) is 0 Å². The molecule has 2 amide bonds. The monoisotopic (exact) mass is 427 g/mol. The van der Waals surface area contributed by atoms with Crippen LogP contribution in [0.5, 0.6) is 5.75 Å². The fourth-order valence-corrected chi connectivity index (χ4v) is 2.80. The van der Waals surface area contributed by atoms with Gasteiger partial charge in [0.25, 0.3) is 5.91 Å². The number of nitrogens with zero attached hydrogens (tertiary/aromatic N) is 1. The van der Waals surface area contributed by atoms with Crippen molar-refractivity contribution >= 4 is 38.6 Å². The van der Waals surface area contributed by atoms with Crippen LogP contribution >= 0.6 is 15.9 Å². The predicted octanol–water partition coefficient (Wildman–Crippen LogP) is 3.62. The Labute approximate surface area is 165 Å². The Morgan fingerprint density at radius 1 is 1.00 bits per heavy atom. The summed E-state index contributed by atoms with van der Waals surface area (Å²) in [5, 5.41) is 0.948. The van der Waals surface area contributed by atoms with Crippen LogP contribution in [0, 0.1) is 0 Å². The van der Waals surface area contributed by atoms with E-state index in [4.69, 9.17) is 4.74 Å². The van der Waals surface area contributed by atoms with Gasteiger partial charge in [-0.1, -0.05) is 46.3 Å². The fraction of sp³-hybridized carbons (Fsp3) is 0.150. The summed E-state index contributed by atoms with van der Waals surface area (Å²) >= 11 is 3.37. The van der Waals surface area contributed by atoms with Crippen molar-refractivity contribution in [2.75, 3.05) is 6.61 Å². The molecule has 0 atom stereocenters. The number of benzene rings is 2. The number of carbonyl (C=O) groups excluding carboxylic acids is 2. The summed E-state index contributed by atoms with van der Waals surface area (Å²) in [6.45, 7) is 0.407. The van der Waals surface area contributed by atoms with Gasteiger partial charge in [-0.05, 0) is 36.8 Å². The van der Waals surface area contributed by atoms with Crippen LogP contribution in [0.15, 0.2) is 65.1 Å². The van der Waals surface area contributed by atoms with Crippen molar-refractivity contribution in [1.29, 1.82) is 0 Å². The third-order valence-electron chi connectivity index (χ3n) is 3.76. The highest BCUT2D eigenvalue weighted by molar-refractivity contribution is 9.10.